The molecule has 0 atom stereocenters. The van der Waals surface area contributed by atoms with Crippen molar-refractivity contribution in [1.82, 2.24) is 21.3 Å². The molecule has 0 aliphatic heterocycles. The van der Waals surface area contributed by atoms with Crippen LogP contribution in [0.5, 0.6) is 0 Å². The molecule has 0 aliphatic rings. The minimum atomic E-state index is -1.51. The highest BCUT2D eigenvalue weighted by molar-refractivity contribution is 5.76. The third-order valence-corrected chi connectivity index (χ3v) is 18.0. The normalized spacial score (nSPS) is 11.4. The number of hydrogen-bond acceptors (Lipinski definition) is 10. The summed E-state index contributed by atoms with van der Waals surface area (Å²) in [6.07, 6.45) is 66.8. The molecule has 0 spiro atoms. The van der Waals surface area contributed by atoms with E-state index in [1.54, 1.807) is 0 Å². The Morgan fingerprint density at radius 2 is 0.429 bits per heavy atom. The zero-order valence-electron chi connectivity index (χ0n) is 60.3. The first-order valence-electron chi connectivity index (χ1n) is 39.3. The van der Waals surface area contributed by atoms with Crippen molar-refractivity contribution in [3.05, 3.63) is 0 Å². The van der Waals surface area contributed by atoms with Crippen molar-refractivity contribution in [3.63, 3.8) is 0 Å². The molecule has 4 N–H and O–H groups in total. The number of ether oxygens (including phenoxy) is 4. The monoisotopic (exact) mass is 1290 g/mol. The lowest BCUT2D eigenvalue weighted by Crippen LogP contribution is -2.61. The molecule has 0 aromatic heterocycles. The molecule has 0 fully saturated rings. The number of esters is 4. The van der Waals surface area contributed by atoms with E-state index in [2.05, 4.69) is 49.0 Å². The fourth-order valence-electron chi connectivity index (χ4n) is 11.9. The molecule has 0 heterocycles. The zero-order chi connectivity index (χ0) is 66.3. The number of urea groups is 2. The van der Waals surface area contributed by atoms with Gasteiger partial charge in [0.2, 0.25) is 0 Å². The van der Waals surface area contributed by atoms with Gasteiger partial charge in [-0.25, -0.2) is 9.59 Å². The smallest absolute Gasteiger partial charge is 0.317 e. The van der Waals surface area contributed by atoms with E-state index in [1.807, 2.05) is 0 Å². The van der Waals surface area contributed by atoms with Crippen LogP contribution in [0.3, 0.4) is 0 Å². The van der Waals surface area contributed by atoms with Crippen molar-refractivity contribution in [2.24, 2.45) is 0 Å². The molecule has 14 nitrogen and oxygen atoms in total. The van der Waals surface area contributed by atoms with E-state index in [0.717, 1.165) is 96.3 Å². The highest BCUT2D eigenvalue weighted by Gasteiger charge is 2.38. The number of carbonyl (C=O) groups excluding carboxylic acids is 6. The lowest BCUT2D eigenvalue weighted by atomic mass is 10.0. The summed E-state index contributed by atoms with van der Waals surface area (Å²) in [6.45, 7) is 8.68. The van der Waals surface area contributed by atoms with Crippen molar-refractivity contribution in [3.8, 4) is 0 Å². The Hall–Kier alpha value is -3.58. The van der Waals surface area contributed by atoms with Gasteiger partial charge in [0.25, 0.3) is 0 Å². The minimum absolute atomic E-state index is 0.163. The van der Waals surface area contributed by atoms with Crippen LogP contribution >= 0.6 is 0 Å². The molecule has 0 aliphatic carbocycles. The van der Waals surface area contributed by atoms with E-state index in [1.165, 1.54) is 238 Å². The highest BCUT2D eigenvalue weighted by Crippen LogP contribution is 2.20. The number of amides is 4. The van der Waals surface area contributed by atoms with Gasteiger partial charge in [-0.15, -0.1) is 0 Å². The Labute approximate surface area is 560 Å². The number of rotatable bonds is 72. The van der Waals surface area contributed by atoms with Gasteiger partial charge in [-0.05, 0) is 38.5 Å². The van der Waals surface area contributed by atoms with Crippen LogP contribution in [-0.2, 0) is 38.1 Å². The van der Waals surface area contributed by atoms with Crippen LogP contribution in [0.2, 0.25) is 0 Å². The molecular formula is C77H148N4O10. The van der Waals surface area contributed by atoms with Crippen LogP contribution in [0, 0.1) is 0 Å². The molecule has 0 radical (unpaired) electrons. The SMILES string of the molecule is CCCCCCCCCCCCCCCC(=O)OCNC(=O)NCCCCCCNC(=O)NC(COC(=O)CCCCCCCCCCCCCCC)(COC(=O)CCCCCCCCCCCCCCC)COC(=O)CCCCCCCCCCCCCCC. The van der Waals surface area contributed by atoms with Gasteiger partial charge in [0.1, 0.15) is 25.4 Å². The summed E-state index contributed by atoms with van der Waals surface area (Å²) >= 11 is 0. The molecule has 0 saturated carbocycles. The van der Waals surface area contributed by atoms with Crippen LogP contribution in [0.4, 0.5) is 9.59 Å². The van der Waals surface area contributed by atoms with Crippen molar-refractivity contribution in [1.29, 1.82) is 0 Å². The minimum Gasteiger partial charge on any atom is -0.463 e. The van der Waals surface area contributed by atoms with E-state index in [0.29, 0.717) is 45.2 Å². The summed E-state index contributed by atoms with van der Waals surface area (Å²) < 4.78 is 22.9. The summed E-state index contributed by atoms with van der Waals surface area (Å²) in [5.41, 5.74) is -1.51. The Morgan fingerprint density at radius 1 is 0.231 bits per heavy atom. The third kappa shape index (κ3) is 66.2. The Balaban J connectivity index is 5.33. The second-order valence-electron chi connectivity index (χ2n) is 27.1. The van der Waals surface area contributed by atoms with Crippen LogP contribution in [0.15, 0.2) is 0 Å². The van der Waals surface area contributed by atoms with Crippen LogP contribution in [-0.4, -0.2) is 81.1 Å². The average molecular weight is 1290 g/mol. The van der Waals surface area contributed by atoms with E-state index < -0.39 is 35.5 Å². The quantitative estimate of drug-likeness (QED) is 0.0198. The average Bonchev–Trinajstić information content (AvgIpc) is 1.27. The predicted molar refractivity (Wildman–Crippen MR) is 379 cm³/mol. The fraction of sp³-hybridized carbons (Fsp3) is 0.922. The zero-order valence-corrected chi connectivity index (χ0v) is 60.3. The van der Waals surface area contributed by atoms with Gasteiger partial charge in [0.15, 0.2) is 6.73 Å². The topological polar surface area (TPSA) is 187 Å². The first kappa shape index (κ1) is 87.4. The van der Waals surface area contributed by atoms with E-state index in [-0.39, 0.29) is 51.8 Å². The van der Waals surface area contributed by atoms with Gasteiger partial charge in [0.05, 0.1) is 0 Å². The van der Waals surface area contributed by atoms with Gasteiger partial charge < -0.3 is 40.2 Å². The maximum absolute atomic E-state index is 13.8. The molecule has 0 aromatic rings. The largest absolute Gasteiger partial charge is 0.463 e. The highest BCUT2D eigenvalue weighted by atomic mass is 16.6. The molecule has 536 valence electrons. The Morgan fingerprint density at radius 3 is 0.670 bits per heavy atom. The van der Waals surface area contributed by atoms with Gasteiger partial charge >= 0.3 is 35.9 Å². The van der Waals surface area contributed by atoms with Crippen molar-refractivity contribution < 1.29 is 47.7 Å². The second kappa shape index (κ2) is 70.7. The maximum Gasteiger partial charge on any atom is 0.317 e. The molecule has 0 rings (SSSR count). The maximum atomic E-state index is 13.8. The summed E-state index contributed by atoms with van der Waals surface area (Å²) in [4.78, 5) is 78.5. The molecule has 14 heteroatoms. The van der Waals surface area contributed by atoms with E-state index >= 15 is 0 Å². The molecule has 4 amide bonds. The summed E-state index contributed by atoms with van der Waals surface area (Å²) in [6, 6.07) is -0.938. The first-order valence-corrected chi connectivity index (χ1v) is 39.3. The van der Waals surface area contributed by atoms with Gasteiger partial charge in [-0.3, -0.25) is 19.2 Å². The third-order valence-electron chi connectivity index (χ3n) is 18.0. The summed E-state index contributed by atoms with van der Waals surface area (Å²) in [7, 11) is 0. The lowest BCUT2D eigenvalue weighted by molar-refractivity contribution is -0.156. The van der Waals surface area contributed by atoms with Crippen molar-refractivity contribution in [2.75, 3.05) is 39.6 Å². The van der Waals surface area contributed by atoms with E-state index in [9.17, 15) is 28.8 Å². The standard InChI is InChI=1S/C77H148N4O10/c1-5-9-13-17-21-25-29-33-37-41-45-49-55-61-71(82)88-67-77(68-89-72(83)62-56-50-46-42-38-34-30-26-22-18-14-10-6-2,69-90-73(84)63-57-51-47-43-39-35-31-27-23-19-15-11-7-3)81-76(87)79-66-60-54-53-59-65-78-75(86)80-70-91-74(85)64-58-52-48-44-40-36-32-28-24-20-16-12-8-4/h5-70H2,1-4H3,(H2,78,80,86)(H2,79,81,87). The van der Waals surface area contributed by atoms with Crippen molar-refractivity contribution >= 4 is 35.9 Å². The van der Waals surface area contributed by atoms with Gasteiger partial charge in [0, 0.05) is 38.8 Å². The van der Waals surface area contributed by atoms with Crippen LogP contribution in [0.25, 0.3) is 0 Å². The van der Waals surface area contributed by atoms with Crippen molar-refractivity contribution in [2.45, 2.75) is 418 Å². The van der Waals surface area contributed by atoms with Gasteiger partial charge in [-0.1, -0.05) is 349 Å². The molecule has 0 unspecified atom stereocenters. The molecule has 0 saturated heterocycles. The fourth-order valence-corrected chi connectivity index (χ4v) is 11.9. The number of nitrogens with one attached hydrogen (secondary N) is 4. The molecule has 0 aromatic carbocycles. The van der Waals surface area contributed by atoms with Crippen LogP contribution < -0.4 is 21.3 Å². The molecule has 91 heavy (non-hydrogen) atoms. The lowest BCUT2D eigenvalue weighted by Gasteiger charge is -2.33. The predicted octanol–water partition coefficient (Wildman–Crippen LogP) is 21.9. The summed E-state index contributed by atoms with van der Waals surface area (Å²) in [5, 5.41) is 11.3. The van der Waals surface area contributed by atoms with Gasteiger partial charge in [-0.2, -0.15) is 0 Å². The molecular weight excluding hydrogens is 1140 g/mol. The first-order chi connectivity index (χ1) is 44.6. The molecule has 0 bridgehead atoms. The summed E-state index contributed by atoms with van der Waals surface area (Å²) in [5.74, 6) is -1.51. The number of carbonyl (C=O) groups is 6. The Bertz CT molecular complexity index is 1520. The Kier molecular flexibility index (Phi) is 67.9. The number of unbranched alkanes of at least 4 members (excludes halogenated alkanes) is 51. The number of hydrogen-bond donors (Lipinski definition) is 4. The van der Waals surface area contributed by atoms with E-state index in [4.69, 9.17) is 18.9 Å². The second-order valence-corrected chi connectivity index (χ2v) is 27.1. The van der Waals surface area contributed by atoms with Crippen LogP contribution in [0.1, 0.15) is 413 Å².